The van der Waals surface area contributed by atoms with Crippen molar-refractivity contribution in [2.75, 3.05) is 37.6 Å². The molecule has 0 aliphatic carbocycles. The van der Waals surface area contributed by atoms with E-state index in [9.17, 15) is 5.26 Å². The maximum Gasteiger partial charge on any atom is 0.293 e. The Hall–Kier alpha value is -1.86. The van der Waals surface area contributed by atoms with Gasteiger partial charge in [-0.2, -0.15) is 5.26 Å². The zero-order valence-corrected chi connectivity index (χ0v) is 12.7. The molecule has 2 N–H and O–H groups in total. The number of anilines is 1. The molecule has 0 amide bonds. The highest BCUT2D eigenvalue weighted by molar-refractivity contribution is 5.54. The lowest BCUT2D eigenvalue weighted by molar-refractivity contribution is -0.895. The topological polar surface area (TPSA) is 45.6 Å². The normalized spacial score (nSPS) is 16.0. The molecule has 4 nitrogen and oxygen atoms in total. The van der Waals surface area contributed by atoms with E-state index in [0.717, 1.165) is 55.4 Å². The van der Waals surface area contributed by atoms with E-state index in [4.69, 9.17) is 0 Å². The van der Waals surface area contributed by atoms with Gasteiger partial charge >= 0.3 is 0 Å². The summed E-state index contributed by atoms with van der Waals surface area (Å²) in [6, 6.07) is 4.37. The average Bonchev–Trinajstić information content (AvgIpc) is 2.38. The van der Waals surface area contributed by atoms with Gasteiger partial charge < -0.3 is 4.90 Å². The number of H-pyrrole nitrogens is 1. The van der Waals surface area contributed by atoms with Gasteiger partial charge in [0, 0.05) is 0 Å². The first kappa shape index (κ1) is 14.5. The van der Waals surface area contributed by atoms with E-state index in [2.05, 4.69) is 29.5 Å². The van der Waals surface area contributed by atoms with E-state index in [0.29, 0.717) is 0 Å². The first-order chi connectivity index (χ1) is 9.51. The Morgan fingerprint density at radius 2 is 2.10 bits per heavy atom. The molecule has 0 radical (unpaired) electrons. The summed E-state index contributed by atoms with van der Waals surface area (Å²) in [5, 5.41) is 9.38. The van der Waals surface area contributed by atoms with E-state index in [1.807, 2.05) is 19.9 Å². The molecule has 0 saturated carbocycles. The molecule has 2 heterocycles. The van der Waals surface area contributed by atoms with Crippen LogP contribution in [0.3, 0.4) is 0 Å². The second kappa shape index (κ2) is 6.06. The van der Waals surface area contributed by atoms with Crippen molar-refractivity contribution in [3.63, 3.8) is 0 Å². The summed E-state index contributed by atoms with van der Waals surface area (Å²) in [5.74, 6) is 0.986. The van der Waals surface area contributed by atoms with Gasteiger partial charge in [0.2, 0.25) is 0 Å². The molecule has 1 aliphatic rings. The molecule has 4 heteroatoms. The smallest absolute Gasteiger partial charge is 0.293 e. The van der Waals surface area contributed by atoms with Crippen molar-refractivity contribution in [2.24, 2.45) is 0 Å². The van der Waals surface area contributed by atoms with Crippen LogP contribution in [0.5, 0.6) is 0 Å². The number of pyridine rings is 1. The maximum atomic E-state index is 9.38. The fourth-order valence-corrected chi connectivity index (χ4v) is 2.90. The van der Waals surface area contributed by atoms with Crippen molar-refractivity contribution < 1.29 is 9.88 Å². The first-order valence-electron chi connectivity index (χ1n) is 7.17. The predicted molar refractivity (Wildman–Crippen MR) is 79.8 cm³/mol. The van der Waals surface area contributed by atoms with Crippen LogP contribution in [-0.4, -0.2) is 32.7 Å². The highest BCUT2D eigenvalue weighted by Gasteiger charge is 2.29. The number of hydrogen-bond acceptors (Lipinski definition) is 2. The van der Waals surface area contributed by atoms with E-state index in [-0.39, 0.29) is 0 Å². The molecular formula is C16H24N4+2. The minimum absolute atomic E-state index is 0.777. The predicted octanol–water partition coefficient (Wildman–Crippen LogP) is 0.270. The van der Waals surface area contributed by atoms with Crippen LogP contribution in [0.4, 0.5) is 5.82 Å². The first-order valence-corrected chi connectivity index (χ1v) is 7.17. The number of hydrogen-bond donors (Lipinski definition) is 1. The Morgan fingerprint density at radius 1 is 1.45 bits per heavy atom. The van der Waals surface area contributed by atoms with Gasteiger partial charge in [0.1, 0.15) is 37.8 Å². The molecule has 1 aromatic rings. The second-order valence-corrected chi connectivity index (χ2v) is 5.84. The summed E-state index contributed by atoms with van der Waals surface area (Å²) in [4.78, 5) is 7.26. The lowest BCUT2D eigenvalue weighted by Gasteiger charge is -2.29. The molecule has 1 saturated heterocycles. The Morgan fingerprint density at radius 3 is 2.65 bits per heavy atom. The molecule has 106 valence electrons. The van der Waals surface area contributed by atoms with Gasteiger partial charge in [0.15, 0.2) is 0 Å². The number of quaternary nitrogens is 1. The Balaban J connectivity index is 2.15. The quantitative estimate of drug-likeness (QED) is 0.803. The SMILES string of the molecule is C=C(C)C[NH+]1CCN(c2[nH+]c(C)cc(C)c2C#N)CC1. The molecule has 0 bridgehead atoms. The summed E-state index contributed by atoms with van der Waals surface area (Å²) in [6.07, 6.45) is 0. The molecule has 0 spiro atoms. The third-order valence-corrected chi connectivity index (χ3v) is 3.83. The highest BCUT2D eigenvalue weighted by Crippen LogP contribution is 2.18. The van der Waals surface area contributed by atoms with E-state index in [1.165, 1.54) is 5.57 Å². The lowest BCUT2D eigenvalue weighted by Crippen LogP contribution is -3.15. The highest BCUT2D eigenvalue weighted by atomic mass is 15.3. The van der Waals surface area contributed by atoms with Crippen LogP contribution in [0.25, 0.3) is 0 Å². The van der Waals surface area contributed by atoms with Crippen molar-refractivity contribution >= 4 is 5.82 Å². The minimum Gasteiger partial charge on any atom is -0.325 e. The van der Waals surface area contributed by atoms with Crippen LogP contribution >= 0.6 is 0 Å². The second-order valence-electron chi connectivity index (χ2n) is 5.84. The molecule has 20 heavy (non-hydrogen) atoms. The van der Waals surface area contributed by atoms with Gasteiger partial charge in [0.25, 0.3) is 5.82 Å². The van der Waals surface area contributed by atoms with Crippen LogP contribution in [0.15, 0.2) is 18.2 Å². The number of nitriles is 1. The summed E-state index contributed by atoms with van der Waals surface area (Å²) in [5.41, 5.74) is 4.17. The average molecular weight is 272 g/mol. The Bertz CT molecular complexity index is 548. The Kier molecular flexibility index (Phi) is 4.41. The molecule has 1 aliphatic heterocycles. The summed E-state index contributed by atoms with van der Waals surface area (Å²) >= 11 is 0. The number of nitrogens with zero attached hydrogens (tertiary/aromatic N) is 2. The number of aryl methyl sites for hydroxylation is 2. The van der Waals surface area contributed by atoms with Crippen LogP contribution in [0.1, 0.15) is 23.7 Å². The summed E-state index contributed by atoms with van der Waals surface area (Å²) in [7, 11) is 0. The summed E-state index contributed by atoms with van der Waals surface area (Å²) in [6.45, 7) is 15.3. The van der Waals surface area contributed by atoms with Gasteiger partial charge in [-0.05, 0) is 38.0 Å². The molecule has 0 unspecified atom stereocenters. The molecule has 0 aromatic carbocycles. The van der Waals surface area contributed by atoms with Crippen molar-refractivity contribution in [1.82, 2.24) is 0 Å². The number of aromatic nitrogens is 1. The van der Waals surface area contributed by atoms with Crippen LogP contribution in [-0.2, 0) is 0 Å². The molecule has 2 rings (SSSR count). The Labute approximate surface area is 121 Å². The largest absolute Gasteiger partial charge is 0.325 e. The number of nitrogens with one attached hydrogen (secondary N) is 2. The lowest BCUT2D eigenvalue weighted by atomic mass is 10.1. The third kappa shape index (κ3) is 3.17. The number of rotatable bonds is 3. The van der Waals surface area contributed by atoms with Crippen LogP contribution < -0.4 is 14.8 Å². The van der Waals surface area contributed by atoms with Crippen molar-refractivity contribution in [1.29, 1.82) is 5.26 Å². The number of piperazine rings is 1. The number of aromatic amines is 1. The zero-order valence-electron chi connectivity index (χ0n) is 12.7. The fourth-order valence-electron chi connectivity index (χ4n) is 2.90. The van der Waals surface area contributed by atoms with Gasteiger partial charge in [-0.1, -0.05) is 6.58 Å². The van der Waals surface area contributed by atoms with E-state index >= 15 is 0 Å². The molecule has 0 atom stereocenters. The van der Waals surface area contributed by atoms with Gasteiger partial charge in [-0.3, -0.25) is 0 Å². The van der Waals surface area contributed by atoms with Crippen molar-refractivity contribution in [2.45, 2.75) is 20.8 Å². The zero-order chi connectivity index (χ0) is 14.7. The van der Waals surface area contributed by atoms with Crippen molar-refractivity contribution in [3.8, 4) is 6.07 Å². The minimum atomic E-state index is 0.777. The molecule has 1 fully saturated rings. The fraction of sp³-hybridized carbons (Fsp3) is 0.500. The van der Waals surface area contributed by atoms with Gasteiger partial charge in [-0.15, -0.1) is 0 Å². The van der Waals surface area contributed by atoms with Crippen LogP contribution in [0, 0.1) is 25.2 Å². The van der Waals surface area contributed by atoms with Crippen LogP contribution in [0.2, 0.25) is 0 Å². The van der Waals surface area contributed by atoms with Gasteiger partial charge in [0.05, 0.1) is 12.2 Å². The van der Waals surface area contributed by atoms with E-state index < -0.39 is 0 Å². The third-order valence-electron chi connectivity index (χ3n) is 3.83. The van der Waals surface area contributed by atoms with Crippen molar-refractivity contribution in [3.05, 3.63) is 35.0 Å². The molecular weight excluding hydrogens is 248 g/mol. The standard InChI is InChI=1S/C16H22N4/c1-12(2)11-19-5-7-20(8-6-19)16-15(10-17)13(3)9-14(4)18-16/h9H,1,5-8,11H2,2-4H3/p+2. The monoisotopic (exact) mass is 272 g/mol. The van der Waals surface area contributed by atoms with Gasteiger partial charge in [-0.25, -0.2) is 9.88 Å². The molecule has 1 aromatic heterocycles. The van der Waals surface area contributed by atoms with E-state index in [1.54, 1.807) is 4.90 Å². The maximum absolute atomic E-state index is 9.38. The summed E-state index contributed by atoms with van der Waals surface area (Å²) < 4.78 is 0.